The minimum absolute atomic E-state index is 0.945. The highest BCUT2D eigenvalue weighted by Gasteiger charge is 2.11. The lowest BCUT2D eigenvalue weighted by atomic mass is 10.1. The minimum atomic E-state index is 0.945. The standard InChI is InChI=1S/C12H15N3S/c1-3-5-9-11(10-6-4-7-16-10)14-8-15-12(9)13-2/h4,6-8H,3,5H2,1-2H3,(H,13,14,15). The number of nitrogens with one attached hydrogen (secondary N) is 1. The highest BCUT2D eigenvalue weighted by molar-refractivity contribution is 7.13. The molecule has 0 bridgehead atoms. The van der Waals surface area contributed by atoms with E-state index in [0.29, 0.717) is 0 Å². The molecule has 0 spiro atoms. The molecule has 4 heteroatoms. The number of nitrogens with zero attached hydrogens (tertiary/aromatic N) is 2. The highest BCUT2D eigenvalue weighted by atomic mass is 32.1. The Morgan fingerprint density at radius 1 is 1.38 bits per heavy atom. The fourth-order valence-corrected chi connectivity index (χ4v) is 2.49. The molecule has 2 rings (SSSR count). The molecule has 0 atom stereocenters. The van der Waals surface area contributed by atoms with Crippen LogP contribution in [0.3, 0.4) is 0 Å². The summed E-state index contributed by atoms with van der Waals surface area (Å²) in [4.78, 5) is 9.89. The zero-order valence-electron chi connectivity index (χ0n) is 9.53. The Hall–Kier alpha value is -1.42. The van der Waals surface area contributed by atoms with Crippen LogP contribution in [0.25, 0.3) is 10.6 Å². The molecule has 0 saturated carbocycles. The molecule has 0 radical (unpaired) electrons. The SMILES string of the molecule is CCCc1c(NC)ncnc1-c1cccs1. The van der Waals surface area contributed by atoms with Gasteiger partial charge in [0.25, 0.3) is 0 Å². The van der Waals surface area contributed by atoms with Crippen molar-refractivity contribution in [2.45, 2.75) is 19.8 Å². The third kappa shape index (κ3) is 2.07. The quantitative estimate of drug-likeness (QED) is 0.881. The molecule has 2 heterocycles. The Balaban J connectivity index is 2.51. The van der Waals surface area contributed by atoms with Gasteiger partial charge in [-0.15, -0.1) is 11.3 Å². The first kappa shape index (κ1) is 11.1. The van der Waals surface area contributed by atoms with Crippen molar-refractivity contribution in [1.82, 2.24) is 9.97 Å². The Bertz CT molecular complexity index is 451. The fourth-order valence-electron chi connectivity index (χ4n) is 1.74. The van der Waals surface area contributed by atoms with Gasteiger partial charge in [-0.2, -0.15) is 0 Å². The second kappa shape index (κ2) is 5.07. The Morgan fingerprint density at radius 2 is 2.25 bits per heavy atom. The van der Waals surface area contributed by atoms with E-state index in [1.54, 1.807) is 17.7 Å². The summed E-state index contributed by atoms with van der Waals surface area (Å²) >= 11 is 1.72. The van der Waals surface area contributed by atoms with Gasteiger partial charge in [-0.05, 0) is 17.9 Å². The van der Waals surface area contributed by atoms with E-state index in [0.717, 1.165) is 24.4 Å². The van der Waals surface area contributed by atoms with Crippen LogP contribution in [0.1, 0.15) is 18.9 Å². The Labute approximate surface area is 99.6 Å². The molecule has 1 N–H and O–H groups in total. The van der Waals surface area contributed by atoms with Gasteiger partial charge in [-0.3, -0.25) is 0 Å². The second-order valence-corrected chi connectivity index (χ2v) is 4.47. The molecule has 16 heavy (non-hydrogen) atoms. The van der Waals surface area contributed by atoms with Gasteiger partial charge >= 0.3 is 0 Å². The second-order valence-electron chi connectivity index (χ2n) is 3.53. The van der Waals surface area contributed by atoms with Crippen LogP contribution in [0.4, 0.5) is 5.82 Å². The van der Waals surface area contributed by atoms with Crippen molar-refractivity contribution in [2.24, 2.45) is 0 Å². The van der Waals surface area contributed by atoms with Crippen molar-refractivity contribution in [2.75, 3.05) is 12.4 Å². The third-order valence-electron chi connectivity index (χ3n) is 2.44. The van der Waals surface area contributed by atoms with Crippen molar-refractivity contribution in [3.05, 3.63) is 29.4 Å². The lowest BCUT2D eigenvalue weighted by molar-refractivity contribution is 0.906. The summed E-state index contributed by atoms with van der Waals surface area (Å²) in [6, 6.07) is 4.16. The largest absolute Gasteiger partial charge is 0.373 e. The summed E-state index contributed by atoms with van der Waals surface area (Å²) in [6.45, 7) is 2.17. The molecule has 2 aromatic heterocycles. The number of aromatic nitrogens is 2. The van der Waals surface area contributed by atoms with E-state index < -0.39 is 0 Å². The molecule has 0 saturated heterocycles. The van der Waals surface area contributed by atoms with Gasteiger partial charge in [0.15, 0.2) is 0 Å². The van der Waals surface area contributed by atoms with Crippen LogP contribution in [-0.2, 0) is 6.42 Å². The van der Waals surface area contributed by atoms with Crippen LogP contribution in [0, 0.1) is 0 Å². The number of rotatable bonds is 4. The topological polar surface area (TPSA) is 37.8 Å². The van der Waals surface area contributed by atoms with Gasteiger partial charge in [0, 0.05) is 12.6 Å². The Morgan fingerprint density at radius 3 is 2.88 bits per heavy atom. The van der Waals surface area contributed by atoms with Gasteiger partial charge < -0.3 is 5.32 Å². The zero-order valence-corrected chi connectivity index (χ0v) is 10.3. The first-order valence-corrected chi connectivity index (χ1v) is 6.30. The van der Waals surface area contributed by atoms with E-state index in [2.05, 4.69) is 39.7 Å². The minimum Gasteiger partial charge on any atom is -0.373 e. The average Bonchev–Trinajstić information content (AvgIpc) is 2.83. The first-order chi connectivity index (χ1) is 7.86. The maximum absolute atomic E-state index is 4.41. The van der Waals surface area contributed by atoms with Crippen molar-refractivity contribution >= 4 is 17.2 Å². The number of thiophene rings is 1. The molecule has 0 amide bonds. The molecule has 0 fully saturated rings. The van der Waals surface area contributed by atoms with Crippen LogP contribution >= 0.6 is 11.3 Å². The van der Waals surface area contributed by atoms with Crippen LogP contribution in [0.2, 0.25) is 0 Å². The van der Waals surface area contributed by atoms with Gasteiger partial charge in [-0.25, -0.2) is 9.97 Å². The molecule has 0 aliphatic rings. The van der Waals surface area contributed by atoms with Crippen LogP contribution < -0.4 is 5.32 Å². The summed E-state index contributed by atoms with van der Waals surface area (Å²) in [7, 11) is 1.90. The summed E-state index contributed by atoms with van der Waals surface area (Å²) in [6.07, 6.45) is 3.73. The van der Waals surface area contributed by atoms with Crippen molar-refractivity contribution in [3.63, 3.8) is 0 Å². The van der Waals surface area contributed by atoms with E-state index in [1.807, 2.05) is 7.05 Å². The Kier molecular flexibility index (Phi) is 3.51. The predicted molar refractivity (Wildman–Crippen MR) is 68.9 cm³/mol. The number of anilines is 1. The van der Waals surface area contributed by atoms with E-state index in [9.17, 15) is 0 Å². The van der Waals surface area contributed by atoms with Gasteiger partial charge in [0.05, 0.1) is 10.6 Å². The smallest absolute Gasteiger partial charge is 0.132 e. The zero-order chi connectivity index (χ0) is 11.4. The summed E-state index contributed by atoms with van der Waals surface area (Å²) < 4.78 is 0. The van der Waals surface area contributed by atoms with Crippen LogP contribution in [0.15, 0.2) is 23.8 Å². The van der Waals surface area contributed by atoms with E-state index >= 15 is 0 Å². The van der Waals surface area contributed by atoms with E-state index in [1.165, 1.54) is 10.4 Å². The normalized spacial score (nSPS) is 10.4. The summed E-state index contributed by atoms with van der Waals surface area (Å²) in [5, 5.41) is 5.21. The lowest BCUT2D eigenvalue weighted by Crippen LogP contribution is -2.02. The monoisotopic (exact) mass is 233 g/mol. The molecule has 3 nitrogen and oxygen atoms in total. The maximum Gasteiger partial charge on any atom is 0.132 e. The fraction of sp³-hybridized carbons (Fsp3) is 0.333. The third-order valence-corrected chi connectivity index (χ3v) is 3.31. The maximum atomic E-state index is 4.41. The lowest BCUT2D eigenvalue weighted by Gasteiger charge is -2.10. The molecular formula is C12H15N3S. The first-order valence-electron chi connectivity index (χ1n) is 5.42. The summed E-state index contributed by atoms with van der Waals surface area (Å²) in [5.74, 6) is 0.945. The van der Waals surface area contributed by atoms with Crippen LogP contribution in [-0.4, -0.2) is 17.0 Å². The molecule has 0 unspecified atom stereocenters. The van der Waals surface area contributed by atoms with Crippen molar-refractivity contribution < 1.29 is 0 Å². The van der Waals surface area contributed by atoms with Crippen molar-refractivity contribution in [3.8, 4) is 10.6 Å². The molecule has 0 aliphatic carbocycles. The van der Waals surface area contributed by atoms with Crippen molar-refractivity contribution in [1.29, 1.82) is 0 Å². The van der Waals surface area contributed by atoms with Gasteiger partial charge in [0.2, 0.25) is 0 Å². The van der Waals surface area contributed by atoms with E-state index in [-0.39, 0.29) is 0 Å². The van der Waals surface area contributed by atoms with Gasteiger partial charge in [0.1, 0.15) is 12.1 Å². The molecular weight excluding hydrogens is 218 g/mol. The predicted octanol–water partition coefficient (Wildman–Crippen LogP) is 3.20. The molecule has 2 aromatic rings. The summed E-state index contributed by atoms with van der Waals surface area (Å²) in [5.41, 5.74) is 2.28. The highest BCUT2D eigenvalue weighted by Crippen LogP contribution is 2.29. The number of hydrogen-bond donors (Lipinski definition) is 1. The van der Waals surface area contributed by atoms with Crippen LogP contribution in [0.5, 0.6) is 0 Å². The average molecular weight is 233 g/mol. The van der Waals surface area contributed by atoms with Gasteiger partial charge in [-0.1, -0.05) is 19.4 Å². The molecule has 84 valence electrons. The molecule has 0 aliphatic heterocycles. The molecule has 0 aromatic carbocycles. The number of hydrogen-bond acceptors (Lipinski definition) is 4. The van der Waals surface area contributed by atoms with E-state index in [4.69, 9.17) is 0 Å².